The average Bonchev–Trinajstić information content (AvgIpc) is 2.84. The fourth-order valence-electron chi connectivity index (χ4n) is 2.69. The van der Waals surface area contributed by atoms with Crippen molar-refractivity contribution in [2.45, 2.75) is 0 Å². The van der Waals surface area contributed by atoms with Crippen LogP contribution in [-0.2, 0) is 4.79 Å². The summed E-state index contributed by atoms with van der Waals surface area (Å²) in [6, 6.07) is 22.0. The SMILES string of the molecule is O=C(N/N=C\C(=O)c1ccccc1)/C(=C\c1ccc([N+](=O)[O-])cc1)NC(=O)c1ccccc1. The van der Waals surface area contributed by atoms with Crippen LogP contribution in [0.3, 0.4) is 0 Å². The lowest BCUT2D eigenvalue weighted by atomic mass is 10.1. The average molecular weight is 442 g/mol. The number of ketones is 1. The highest BCUT2D eigenvalue weighted by Crippen LogP contribution is 2.14. The quantitative estimate of drug-likeness (QED) is 0.182. The van der Waals surface area contributed by atoms with E-state index in [1.807, 2.05) is 0 Å². The maximum atomic E-state index is 12.7. The summed E-state index contributed by atoms with van der Waals surface area (Å²) in [5.74, 6) is -1.73. The molecule has 0 atom stereocenters. The van der Waals surface area contributed by atoms with Crippen molar-refractivity contribution in [3.63, 3.8) is 0 Å². The van der Waals surface area contributed by atoms with Crippen molar-refractivity contribution in [2.75, 3.05) is 0 Å². The molecule has 9 nitrogen and oxygen atoms in total. The lowest BCUT2D eigenvalue weighted by Gasteiger charge is -2.09. The van der Waals surface area contributed by atoms with Crippen LogP contribution in [0.25, 0.3) is 6.08 Å². The first-order chi connectivity index (χ1) is 15.9. The maximum absolute atomic E-state index is 12.7. The molecule has 0 aliphatic rings. The fourth-order valence-corrected chi connectivity index (χ4v) is 2.69. The predicted molar refractivity (Wildman–Crippen MR) is 122 cm³/mol. The molecule has 3 rings (SSSR count). The fraction of sp³-hybridized carbons (Fsp3) is 0. The molecule has 164 valence electrons. The molecule has 0 radical (unpaired) electrons. The predicted octanol–water partition coefficient (Wildman–Crippen LogP) is 3.35. The van der Waals surface area contributed by atoms with Crippen molar-refractivity contribution in [1.29, 1.82) is 0 Å². The Balaban J connectivity index is 1.80. The second kappa shape index (κ2) is 10.9. The van der Waals surface area contributed by atoms with Crippen LogP contribution in [0.15, 0.2) is 95.7 Å². The van der Waals surface area contributed by atoms with E-state index in [4.69, 9.17) is 0 Å². The van der Waals surface area contributed by atoms with Gasteiger partial charge in [0.1, 0.15) is 5.70 Å². The molecule has 0 aliphatic carbocycles. The molecule has 0 bridgehead atoms. The smallest absolute Gasteiger partial charge is 0.287 e. The number of amides is 2. The largest absolute Gasteiger partial charge is 0.317 e. The van der Waals surface area contributed by atoms with E-state index >= 15 is 0 Å². The maximum Gasteiger partial charge on any atom is 0.287 e. The Morgan fingerprint density at radius 3 is 1.97 bits per heavy atom. The molecule has 0 aliphatic heterocycles. The van der Waals surface area contributed by atoms with Gasteiger partial charge in [-0.3, -0.25) is 24.5 Å². The highest BCUT2D eigenvalue weighted by atomic mass is 16.6. The lowest BCUT2D eigenvalue weighted by molar-refractivity contribution is -0.384. The summed E-state index contributed by atoms with van der Waals surface area (Å²) < 4.78 is 0. The summed E-state index contributed by atoms with van der Waals surface area (Å²) in [4.78, 5) is 47.6. The molecule has 0 heterocycles. The van der Waals surface area contributed by atoms with Crippen molar-refractivity contribution in [3.8, 4) is 0 Å². The van der Waals surface area contributed by atoms with E-state index in [2.05, 4.69) is 15.8 Å². The Bertz CT molecular complexity index is 1220. The van der Waals surface area contributed by atoms with Crippen molar-refractivity contribution in [3.05, 3.63) is 117 Å². The molecular formula is C24H18N4O5. The highest BCUT2D eigenvalue weighted by Gasteiger charge is 2.15. The molecule has 0 saturated carbocycles. The number of carbonyl (C=O) groups is 3. The number of hydrogen-bond acceptors (Lipinski definition) is 6. The van der Waals surface area contributed by atoms with Crippen LogP contribution in [0.5, 0.6) is 0 Å². The van der Waals surface area contributed by atoms with Crippen LogP contribution in [0.1, 0.15) is 26.3 Å². The molecule has 3 aromatic rings. The number of carbonyl (C=O) groups excluding carboxylic acids is 3. The molecule has 3 aromatic carbocycles. The third kappa shape index (κ3) is 6.53. The molecule has 33 heavy (non-hydrogen) atoms. The molecular weight excluding hydrogens is 424 g/mol. The van der Waals surface area contributed by atoms with Gasteiger partial charge in [-0.25, -0.2) is 5.43 Å². The molecule has 9 heteroatoms. The molecule has 2 N–H and O–H groups in total. The minimum absolute atomic E-state index is 0.115. The van der Waals surface area contributed by atoms with Crippen molar-refractivity contribution in [1.82, 2.24) is 10.7 Å². The summed E-state index contributed by atoms with van der Waals surface area (Å²) in [5.41, 5.74) is 3.08. The van der Waals surface area contributed by atoms with Crippen LogP contribution in [0.4, 0.5) is 5.69 Å². The molecule has 0 aromatic heterocycles. The van der Waals surface area contributed by atoms with Gasteiger partial charge < -0.3 is 5.32 Å². The van der Waals surface area contributed by atoms with Gasteiger partial charge in [-0.05, 0) is 35.9 Å². The minimum atomic E-state index is -0.783. The number of nitrogens with zero attached hydrogens (tertiary/aromatic N) is 2. The third-order valence-corrected chi connectivity index (χ3v) is 4.35. The molecule has 2 amide bonds. The van der Waals surface area contributed by atoms with Gasteiger partial charge in [0, 0.05) is 23.3 Å². The van der Waals surface area contributed by atoms with Gasteiger partial charge >= 0.3 is 0 Å². The van der Waals surface area contributed by atoms with Crippen molar-refractivity contribution in [2.24, 2.45) is 5.10 Å². The standard InChI is InChI=1S/C24H18N4O5/c29-22(18-7-3-1-4-8-18)16-25-27-24(31)21(26-23(30)19-9-5-2-6-10-19)15-17-11-13-20(14-12-17)28(32)33/h1-16H,(H,26,30)(H,27,31)/b21-15+,25-16-. The Kier molecular flexibility index (Phi) is 7.53. The number of non-ortho nitro benzene ring substituents is 1. The van der Waals surface area contributed by atoms with E-state index in [1.165, 1.54) is 30.3 Å². The van der Waals surface area contributed by atoms with Gasteiger partial charge in [-0.1, -0.05) is 48.5 Å². The van der Waals surface area contributed by atoms with Gasteiger partial charge in [0.15, 0.2) is 0 Å². The Morgan fingerprint density at radius 2 is 1.39 bits per heavy atom. The van der Waals surface area contributed by atoms with E-state index in [1.54, 1.807) is 60.7 Å². The second-order valence-electron chi connectivity index (χ2n) is 6.66. The zero-order valence-electron chi connectivity index (χ0n) is 17.2. The lowest BCUT2D eigenvalue weighted by Crippen LogP contribution is -2.33. The monoisotopic (exact) mass is 442 g/mol. The van der Waals surface area contributed by atoms with Crippen LogP contribution in [0, 0.1) is 10.1 Å². The van der Waals surface area contributed by atoms with E-state index in [0.717, 1.165) is 6.21 Å². The summed E-state index contributed by atoms with van der Waals surface area (Å²) in [5, 5.41) is 17.0. The summed E-state index contributed by atoms with van der Waals surface area (Å²) in [6.45, 7) is 0. The zero-order chi connectivity index (χ0) is 23.6. The van der Waals surface area contributed by atoms with Crippen LogP contribution in [-0.4, -0.2) is 28.7 Å². The summed E-state index contributed by atoms with van der Waals surface area (Å²) >= 11 is 0. The number of nitro benzene ring substituents is 1. The zero-order valence-corrected chi connectivity index (χ0v) is 17.2. The van der Waals surface area contributed by atoms with Gasteiger partial charge in [0.05, 0.1) is 11.1 Å². The third-order valence-electron chi connectivity index (χ3n) is 4.35. The number of hydrazone groups is 1. The van der Waals surface area contributed by atoms with Crippen LogP contribution < -0.4 is 10.7 Å². The normalized spacial score (nSPS) is 11.1. The number of nitro groups is 1. The Hall–Kier alpha value is -4.92. The molecule has 0 saturated heterocycles. The molecule has 0 unspecified atom stereocenters. The van der Waals surface area contributed by atoms with E-state index in [9.17, 15) is 24.5 Å². The van der Waals surface area contributed by atoms with Gasteiger partial charge in [0.25, 0.3) is 17.5 Å². The number of hydrogen-bond donors (Lipinski definition) is 2. The number of benzene rings is 3. The first-order valence-corrected chi connectivity index (χ1v) is 9.69. The van der Waals surface area contributed by atoms with Crippen LogP contribution >= 0.6 is 0 Å². The minimum Gasteiger partial charge on any atom is -0.317 e. The van der Waals surface area contributed by atoms with E-state index in [0.29, 0.717) is 16.7 Å². The van der Waals surface area contributed by atoms with Gasteiger partial charge in [-0.15, -0.1) is 0 Å². The van der Waals surface area contributed by atoms with Gasteiger partial charge in [0.2, 0.25) is 5.78 Å². The second-order valence-corrected chi connectivity index (χ2v) is 6.66. The first-order valence-electron chi connectivity index (χ1n) is 9.69. The Morgan fingerprint density at radius 1 is 0.818 bits per heavy atom. The Labute approximate surface area is 188 Å². The van der Waals surface area contributed by atoms with Crippen molar-refractivity contribution < 1.29 is 19.3 Å². The molecule has 0 fully saturated rings. The van der Waals surface area contributed by atoms with Crippen LogP contribution in [0.2, 0.25) is 0 Å². The summed E-state index contributed by atoms with van der Waals surface area (Å²) in [7, 11) is 0. The molecule has 0 spiro atoms. The first kappa shape index (κ1) is 22.8. The topological polar surface area (TPSA) is 131 Å². The summed E-state index contributed by atoms with van der Waals surface area (Å²) in [6.07, 6.45) is 2.30. The number of rotatable bonds is 8. The number of Topliss-reactive ketones (excluding diaryl/α,β-unsaturated/α-hetero) is 1. The number of nitrogens with one attached hydrogen (secondary N) is 2. The van der Waals surface area contributed by atoms with E-state index in [-0.39, 0.29) is 11.4 Å². The van der Waals surface area contributed by atoms with Crippen molar-refractivity contribution >= 4 is 35.6 Å². The van der Waals surface area contributed by atoms with Gasteiger partial charge in [-0.2, -0.15) is 5.10 Å². The highest BCUT2D eigenvalue weighted by molar-refractivity contribution is 6.35. The van der Waals surface area contributed by atoms with E-state index < -0.39 is 22.5 Å².